The van der Waals surface area contributed by atoms with Crippen molar-refractivity contribution < 1.29 is 4.79 Å². The lowest BCUT2D eigenvalue weighted by atomic mass is 9.97. The molecule has 1 aliphatic rings. The van der Waals surface area contributed by atoms with Crippen molar-refractivity contribution in [3.05, 3.63) is 47.3 Å². The summed E-state index contributed by atoms with van der Waals surface area (Å²) in [5, 5.41) is 3.03. The predicted octanol–water partition coefficient (Wildman–Crippen LogP) is 3.26. The molecule has 2 heterocycles. The van der Waals surface area contributed by atoms with E-state index in [-0.39, 0.29) is 11.8 Å². The number of nitrogens with one attached hydrogen (secondary N) is 1. The quantitative estimate of drug-likeness (QED) is 0.941. The fraction of sp³-hybridized carbons (Fsp3) is 0.421. The lowest BCUT2D eigenvalue weighted by Gasteiger charge is -2.32. The Morgan fingerprint density at radius 3 is 2.46 bits per heavy atom. The van der Waals surface area contributed by atoms with Gasteiger partial charge in [0.1, 0.15) is 0 Å². The van der Waals surface area contributed by atoms with E-state index in [2.05, 4.69) is 20.2 Å². The van der Waals surface area contributed by atoms with Crippen LogP contribution in [0.15, 0.2) is 30.3 Å². The molecule has 1 amide bonds. The number of anilines is 2. The second-order valence-electron chi connectivity index (χ2n) is 6.59. The van der Waals surface area contributed by atoms with Crippen LogP contribution in [-0.2, 0) is 4.79 Å². The van der Waals surface area contributed by atoms with Crippen LogP contribution in [0.3, 0.4) is 0 Å². The molecule has 2 aromatic rings. The average Bonchev–Trinajstić information content (AvgIpc) is 2.56. The van der Waals surface area contributed by atoms with Crippen LogP contribution < -0.4 is 10.2 Å². The lowest BCUT2D eigenvalue weighted by Crippen LogP contribution is -2.41. The Morgan fingerprint density at radius 2 is 1.79 bits per heavy atom. The van der Waals surface area contributed by atoms with Crippen LogP contribution in [-0.4, -0.2) is 29.0 Å². The van der Waals surface area contributed by atoms with Crippen molar-refractivity contribution in [1.82, 2.24) is 9.97 Å². The van der Waals surface area contributed by atoms with Gasteiger partial charge in [-0.3, -0.25) is 4.79 Å². The Morgan fingerprint density at radius 1 is 1.12 bits per heavy atom. The van der Waals surface area contributed by atoms with Gasteiger partial charge in [-0.15, -0.1) is 0 Å². The highest BCUT2D eigenvalue weighted by molar-refractivity contribution is 5.93. The van der Waals surface area contributed by atoms with E-state index in [9.17, 15) is 4.79 Å². The largest absolute Gasteiger partial charge is 0.340 e. The standard InChI is InChI=1S/C19H24N4O/c1-13-6-8-17(9-7-13)22-18(24)16-5-4-10-23(12-16)19-20-14(2)11-15(3)21-19/h6-9,11,16H,4-5,10,12H2,1-3H3,(H,22,24)/t16-/m1/s1. The Kier molecular flexibility index (Phi) is 4.79. The van der Waals surface area contributed by atoms with Crippen molar-refractivity contribution in [1.29, 1.82) is 0 Å². The van der Waals surface area contributed by atoms with Crippen LogP contribution in [0.25, 0.3) is 0 Å². The number of piperidine rings is 1. The summed E-state index contributed by atoms with van der Waals surface area (Å²) in [6, 6.07) is 9.87. The predicted molar refractivity (Wildman–Crippen MR) is 96.3 cm³/mol. The summed E-state index contributed by atoms with van der Waals surface area (Å²) in [6.45, 7) is 7.56. The molecular formula is C19H24N4O. The van der Waals surface area contributed by atoms with Gasteiger partial charge < -0.3 is 10.2 Å². The van der Waals surface area contributed by atoms with E-state index < -0.39 is 0 Å². The molecule has 0 spiro atoms. The second kappa shape index (κ2) is 6.99. The maximum atomic E-state index is 12.6. The number of carbonyl (C=O) groups excluding carboxylic acids is 1. The van der Waals surface area contributed by atoms with Gasteiger partial charge in [-0.2, -0.15) is 0 Å². The van der Waals surface area contributed by atoms with Crippen molar-refractivity contribution in [2.75, 3.05) is 23.3 Å². The van der Waals surface area contributed by atoms with Crippen molar-refractivity contribution in [3.63, 3.8) is 0 Å². The minimum Gasteiger partial charge on any atom is -0.340 e. The van der Waals surface area contributed by atoms with Gasteiger partial charge in [0.05, 0.1) is 5.92 Å². The first kappa shape index (κ1) is 16.4. The van der Waals surface area contributed by atoms with Gasteiger partial charge in [-0.1, -0.05) is 17.7 Å². The number of hydrogen-bond donors (Lipinski definition) is 1. The molecule has 1 saturated heterocycles. The molecule has 3 rings (SSSR count). The molecule has 0 saturated carbocycles. The number of nitrogens with zero attached hydrogens (tertiary/aromatic N) is 3. The number of aryl methyl sites for hydroxylation is 3. The molecule has 1 fully saturated rings. The fourth-order valence-corrected chi connectivity index (χ4v) is 3.10. The molecular weight excluding hydrogens is 300 g/mol. The first-order valence-corrected chi connectivity index (χ1v) is 8.46. The molecule has 0 unspecified atom stereocenters. The van der Waals surface area contributed by atoms with Crippen molar-refractivity contribution >= 4 is 17.5 Å². The summed E-state index contributed by atoms with van der Waals surface area (Å²) in [7, 11) is 0. The molecule has 0 radical (unpaired) electrons. The topological polar surface area (TPSA) is 58.1 Å². The van der Waals surface area contributed by atoms with Crippen LogP contribution in [0, 0.1) is 26.7 Å². The van der Waals surface area contributed by atoms with E-state index in [0.717, 1.165) is 42.4 Å². The van der Waals surface area contributed by atoms with E-state index in [1.165, 1.54) is 5.56 Å². The number of carbonyl (C=O) groups is 1. The summed E-state index contributed by atoms with van der Waals surface area (Å²) in [5.74, 6) is 0.776. The number of rotatable bonds is 3. The molecule has 5 heteroatoms. The molecule has 0 bridgehead atoms. The minimum atomic E-state index is -0.0375. The maximum Gasteiger partial charge on any atom is 0.229 e. The summed E-state index contributed by atoms with van der Waals surface area (Å²) < 4.78 is 0. The normalized spacial score (nSPS) is 17.6. The Labute approximate surface area is 143 Å². The smallest absolute Gasteiger partial charge is 0.229 e. The van der Waals surface area contributed by atoms with Crippen LogP contribution in [0.4, 0.5) is 11.6 Å². The van der Waals surface area contributed by atoms with Gasteiger partial charge in [0.2, 0.25) is 11.9 Å². The molecule has 5 nitrogen and oxygen atoms in total. The summed E-state index contributed by atoms with van der Waals surface area (Å²) in [4.78, 5) is 23.8. The molecule has 1 aliphatic heterocycles. The average molecular weight is 324 g/mol. The monoisotopic (exact) mass is 324 g/mol. The third-order valence-electron chi connectivity index (χ3n) is 4.36. The highest BCUT2D eigenvalue weighted by Gasteiger charge is 2.27. The molecule has 1 N–H and O–H groups in total. The molecule has 1 aromatic carbocycles. The molecule has 1 aromatic heterocycles. The fourth-order valence-electron chi connectivity index (χ4n) is 3.10. The third-order valence-corrected chi connectivity index (χ3v) is 4.36. The van der Waals surface area contributed by atoms with Gasteiger partial charge in [0, 0.05) is 30.2 Å². The van der Waals surface area contributed by atoms with Crippen LogP contribution in [0.1, 0.15) is 29.8 Å². The van der Waals surface area contributed by atoms with Gasteiger partial charge in [0.15, 0.2) is 0 Å². The molecule has 24 heavy (non-hydrogen) atoms. The number of benzene rings is 1. The van der Waals surface area contributed by atoms with E-state index in [1.807, 2.05) is 51.1 Å². The van der Waals surface area contributed by atoms with E-state index in [4.69, 9.17) is 0 Å². The lowest BCUT2D eigenvalue weighted by molar-refractivity contribution is -0.120. The second-order valence-corrected chi connectivity index (χ2v) is 6.59. The summed E-state index contributed by atoms with van der Waals surface area (Å²) in [5.41, 5.74) is 3.96. The van der Waals surface area contributed by atoms with Crippen molar-refractivity contribution in [2.24, 2.45) is 5.92 Å². The van der Waals surface area contributed by atoms with E-state index in [1.54, 1.807) is 0 Å². The first-order chi connectivity index (χ1) is 11.5. The number of aromatic nitrogens is 2. The van der Waals surface area contributed by atoms with Crippen molar-refractivity contribution in [3.8, 4) is 0 Å². The van der Waals surface area contributed by atoms with Crippen LogP contribution >= 0.6 is 0 Å². The van der Waals surface area contributed by atoms with Crippen LogP contribution in [0.5, 0.6) is 0 Å². The zero-order valence-corrected chi connectivity index (χ0v) is 14.5. The highest BCUT2D eigenvalue weighted by atomic mass is 16.1. The van der Waals surface area contributed by atoms with E-state index >= 15 is 0 Å². The molecule has 1 atom stereocenters. The van der Waals surface area contributed by atoms with E-state index in [0.29, 0.717) is 6.54 Å². The maximum absolute atomic E-state index is 12.6. The zero-order valence-electron chi connectivity index (χ0n) is 14.5. The SMILES string of the molecule is Cc1ccc(NC(=O)[C@@H]2CCCN(c3nc(C)cc(C)n3)C2)cc1. The van der Waals surface area contributed by atoms with Crippen LogP contribution in [0.2, 0.25) is 0 Å². The summed E-state index contributed by atoms with van der Waals surface area (Å²) in [6.07, 6.45) is 1.88. The third kappa shape index (κ3) is 3.91. The van der Waals surface area contributed by atoms with Gasteiger partial charge in [-0.05, 0) is 51.8 Å². The highest BCUT2D eigenvalue weighted by Crippen LogP contribution is 2.22. The Hall–Kier alpha value is -2.43. The van der Waals surface area contributed by atoms with Gasteiger partial charge in [0.25, 0.3) is 0 Å². The Balaban J connectivity index is 1.68. The zero-order chi connectivity index (χ0) is 17.1. The minimum absolute atomic E-state index is 0.0375. The van der Waals surface area contributed by atoms with Crippen molar-refractivity contribution in [2.45, 2.75) is 33.6 Å². The van der Waals surface area contributed by atoms with Gasteiger partial charge in [-0.25, -0.2) is 9.97 Å². The molecule has 126 valence electrons. The number of hydrogen-bond acceptors (Lipinski definition) is 4. The number of amides is 1. The summed E-state index contributed by atoms with van der Waals surface area (Å²) >= 11 is 0. The van der Waals surface area contributed by atoms with Gasteiger partial charge >= 0.3 is 0 Å². The molecule has 0 aliphatic carbocycles. The Bertz CT molecular complexity index is 706. The first-order valence-electron chi connectivity index (χ1n) is 8.46.